The molecular formula is C11H13BrClNO2. The molecule has 0 bridgehead atoms. The van der Waals surface area contributed by atoms with Gasteiger partial charge in [-0.3, -0.25) is 0 Å². The van der Waals surface area contributed by atoms with Gasteiger partial charge in [0, 0.05) is 11.6 Å². The molecule has 0 saturated heterocycles. The lowest BCUT2D eigenvalue weighted by Crippen LogP contribution is -2.27. The molecule has 1 rings (SSSR count). The molecule has 0 aliphatic rings. The number of benzene rings is 1. The molecule has 0 atom stereocenters. The number of carbonyl (C=O) groups excluding carboxylic acids is 1. The van der Waals surface area contributed by atoms with E-state index in [0.29, 0.717) is 21.8 Å². The zero-order chi connectivity index (χ0) is 12.0. The van der Waals surface area contributed by atoms with Crippen molar-refractivity contribution < 1.29 is 9.53 Å². The Morgan fingerprint density at radius 3 is 2.94 bits per heavy atom. The summed E-state index contributed by atoms with van der Waals surface area (Å²) in [6, 6.07) is 4.99. The predicted octanol–water partition coefficient (Wildman–Crippen LogP) is 3.99. The van der Waals surface area contributed by atoms with E-state index in [1.807, 2.05) is 0 Å². The molecule has 1 N–H and O–H groups in total. The van der Waals surface area contributed by atoms with Crippen LogP contribution in [0.1, 0.15) is 19.8 Å². The molecule has 0 radical (unpaired) electrons. The van der Waals surface area contributed by atoms with Crippen LogP contribution in [-0.4, -0.2) is 12.6 Å². The number of ether oxygens (including phenoxy) is 1. The molecule has 0 fully saturated rings. The lowest BCUT2D eigenvalue weighted by molar-refractivity contribution is 0.200. The highest BCUT2D eigenvalue weighted by Gasteiger charge is 2.07. The summed E-state index contributed by atoms with van der Waals surface area (Å²) >= 11 is 9.04. The van der Waals surface area contributed by atoms with Gasteiger partial charge in [-0.2, -0.15) is 0 Å². The third-order valence-electron chi connectivity index (χ3n) is 1.90. The number of amides is 1. The van der Waals surface area contributed by atoms with Crippen molar-refractivity contribution in [1.82, 2.24) is 5.32 Å². The van der Waals surface area contributed by atoms with Crippen molar-refractivity contribution in [3.8, 4) is 5.75 Å². The van der Waals surface area contributed by atoms with Gasteiger partial charge in [0.25, 0.3) is 0 Å². The molecule has 0 saturated carbocycles. The first-order valence-corrected chi connectivity index (χ1v) is 6.21. The second-order valence-electron chi connectivity index (χ2n) is 3.24. The van der Waals surface area contributed by atoms with Gasteiger partial charge in [0.15, 0.2) is 0 Å². The average Bonchev–Trinajstić information content (AvgIpc) is 2.23. The van der Waals surface area contributed by atoms with E-state index >= 15 is 0 Å². The van der Waals surface area contributed by atoms with E-state index in [1.165, 1.54) is 0 Å². The van der Waals surface area contributed by atoms with E-state index in [1.54, 1.807) is 18.2 Å². The zero-order valence-corrected chi connectivity index (χ0v) is 11.3. The van der Waals surface area contributed by atoms with E-state index in [0.717, 1.165) is 12.8 Å². The van der Waals surface area contributed by atoms with Gasteiger partial charge >= 0.3 is 6.09 Å². The van der Waals surface area contributed by atoms with E-state index in [2.05, 4.69) is 28.2 Å². The van der Waals surface area contributed by atoms with Crippen LogP contribution < -0.4 is 10.1 Å². The van der Waals surface area contributed by atoms with Crippen LogP contribution in [-0.2, 0) is 0 Å². The third kappa shape index (κ3) is 4.41. The first-order chi connectivity index (χ1) is 7.63. The Balaban J connectivity index is 2.49. The van der Waals surface area contributed by atoms with E-state index in [-0.39, 0.29) is 0 Å². The van der Waals surface area contributed by atoms with Crippen LogP contribution in [0.4, 0.5) is 4.79 Å². The van der Waals surface area contributed by atoms with Crippen LogP contribution in [0.25, 0.3) is 0 Å². The molecule has 0 unspecified atom stereocenters. The molecule has 1 aromatic carbocycles. The second kappa shape index (κ2) is 6.76. The Labute approximate surface area is 108 Å². The highest BCUT2D eigenvalue weighted by atomic mass is 79.9. The maximum atomic E-state index is 11.3. The lowest BCUT2D eigenvalue weighted by Gasteiger charge is -2.07. The van der Waals surface area contributed by atoms with E-state index < -0.39 is 6.09 Å². The van der Waals surface area contributed by atoms with Crippen molar-refractivity contribution >= 4 is 33.6 Å². The monoisotopic (exact) mass is 305 g/mol. The summed E-state index contributed by atoms with van der Waals surface area (Å²) in [7, 11) is 0. The Morgan fingerprint density at radius 1 is 1.56 bits per heavy atom. The molecular weight excluding hydrogens is 293 g/mol. The first kappa shape index (κ1) is 13.3. The number of unbranched alkanes of at least 4 members (excludes halogenated alkanes) is 1. The van der Waals surface area contributed by atoms with Crippen LogP contribution in [0.5, 0.6) is 5.75 Å². The Bertz CT molecular complexity index is 371. The normalized spacial score (nSPS) is 9.94. The fraction of sp³-hybridized carbons (Fsp3) is 0.364. The molecule has 16 heavy (non-hydrogen) atoms. The van der Waals surface area contributed by atoms with Gasteiger partial charge in [-0.1, -0.05) is 24.9 Å². The van der Waals surface area contributed by atoms with Crippen molar-refractivity contribution in [1.29, 1.82) is 0 Å². The highest BCUT2D eigenvalue weighted by molar-refractivity contribution is 9.10. The fourth-order valence-corrected chi connectivity index (χ4v) is 1.82. The molecule has 1 amide bonds. The quantitative estimate of drug-likeness (QED) is 0.854. The van der Waals surface area contributed by atoms with E-state index in [9.17, 15) is 4.79 Å². The average molecular weight is 307 g/mol. The highest BCUT2D eigenvalue weighted by Crippen LogP contribution is 2.27. The minimum absolute atomic E-state index is 0.448. The lowest BCUT2D eigenvalue weighted by atomic mass is 10.3. The molecule has 88 valence electrons. The molecule has 0 aliphatic heterocycles. The SMILES string of the molecule is CCCCNC(=O)Oc1ccc(Cl)cc1Br. The summed E-state index contributed by atoms with van der Waals surface area (Å²) in [5.74, 6) is 0.457. The number of rotatable bonds is 4. The summed E-state index contributed by atoms with van der Waals surface area (Å²) in [4.78, 5) is 11.3. The van der Waals surface area contributed by atoms with Crippen LogP contribution in [0, 0.1) is 0 Å². The summed E-state index contributed by atoms with van der Waals surface area (Å²) < 4.78 is 5.75. The molecule has 0 spiro atoms. The predicted molar refractivity (Wildman–Crippen MR) is 68.1 cm³/mol. The van der Waals surface area contributed by atoms with Gasteiger partial charge in [-0.25, -0.2) is 4.79 Å². The van der Waals surface area contributed by atoms with Crippen LogP contribution in [0.2, 0.25) is 5.02 Å². The minimum atomic E-state index is -0.448. The third-order valence-corrected chi connectivity index (χ3v) is 2.75. The number of hydrogen-bond acceptors (Lipinski definition) is 2. The molecule has 3 nitrogen and oxygen atoms in total. The van der Waals surface area contributed by atoms with Crippen molar-refractivity contribution in [2.45, 2.75) is 19.8 Å². The molecule has 0 heterocycles. The minimum Gasteiger partial charge on any atom is -0.409 e. The smallest absolute Gasteiger partial charge is 0.409 e. The van der Waals surface area contributed by atoms with Crippen molar-refractivity contribution in [3.63, 3.8) is 0 Å². The van der Waals surface area contributed by atoms with E-state index in [4.69, 9.17) is 16.3 Å². The number of carbonyl (C=O) groups is 1. The Morgan fingerprint density at radius 2 is 2.31 bits per heavy atom. The molecule has 0 aromatic heterocycles. The zero-order valence-electron chi connectivity index (χ0n) is 8.93. The first-order valence-electron chi connectivity index (χ1n) is 5.04. The fourth-order valence-electron chi connectivity index (χ4n) is 1.06. The van der Waals surface area contributed by atoms with Gasteiger partial charge < -0.3 is 10.1 Å². The largest absolute Gasteiger partial charge is 0.412 e. The summed E-state index contributed by atoms with van der Waals surface area (Å²) in [5.41, 5.74) is 0. The maximum absolute atomic E-state index is 11.3. The number of halogens is 2. The number of nitrogens with one attached hydrogen (secondary N) is 1. The Kier molecular flexibility index (Phi) is 5.63. The van der Waals surface area contributed by atoms with Gasteiger partial charge in [-0.15, -0.1) is 0 Å². The van der Waals surface area contributed by atoms with Gasteiger partial charge in [0.2, 0.25) is 0 Å². The topological polar surface area (TPSA) is 38.3 Å². The van der Waals surface area contributed by atoms with Gasteiger partial charge in [-0.05, 0) is 40.5 Å². The summed E-state index contributed by atoms with van der Waals surface area (Å²) in [5, 5.41) is 3.25. The number of hydrogen-bond donors (Lipinski definition) is 1. The van der Waals surface area contributed by atoms with Crippen molar-refractivity contribution in [3.05, 3.63) is 27.7 Å². The summed E-state index contributed by atoms with van der Waals surface area (Å²) in [6.07, 6.45) is 1.53. The van der Waals surface area contributed by atoms with Gasteiger partial charge in [0.05, 0.1) is 4.47 Å². The van der Waals surface area contributed by atoms with Crippen LogP contribution >= 0.6 is 27.5 Å². The molecule has 5 heteroatoms. The molecule has 1 aromatic rings. The van der Waals surface area contributed by atoms with Crippen LogP contribution in [0.3, 0.4) is 0 Å². The molecule has 0 aliphatic carbocycles. The van der Waals surface area contributed by atoms with Crippen molar-refractivity contribution in [2.75, 3.05) is 6.54 Å². The maximum Gasteiger partial charge on any atom is 0.412 e. The van der Waals surface area contributed by atoms with Crippen molar-refractivity contribution in [2.24, 2.45) is 0 Å². The van der Waals surface area contributed by atoms with Gasteiger partial charge in [0.1, 0.15) is 5.75 Å². The second-order valence-corrected chi connectivity index (χ2v) is 4.54. The Hall–Kier alpha value is -0.740. The summed E-state index contributed by atoms with van der Waals surface area (Å²) in [6.45, 7) is 2.68. The standard InChI is InChI=1S/C11H13BrClNO2/c1-2-3-6-14-11(15)16-10-5-4-8(13)7-9(10)12/h4-5,7H,2-3,6H2,1H3,(H,14,15). The van der Waals surface area contributed by atoms with Crippen LogP contribution in [0.15, 0.2) is 22.7 Å².